The van der Waals surface area contributed by atoms with E-state index in [9.17, 15) is 9.59 Å². The molecule has 7 heteroatoms. The summed E-state index contributed by atoms with van der Waals surface area (Å²) in [7, 11) is 1.85. The molecule has 7 nitrogen and oxygen atoms in total. The van der Waals surface area contributed by atoms with E-state index in [4.69, 9.17) is 5.11 Å². The van der Waals surface area contributed by atoms with Crippen LogP contribution in [0.5, 0.6) is 0 Å². The fourth-order valence-corrected chi connectivity index (χ4v) is 3.92. The van der Waals surface area contributed by atoms with Crippen molar-refractivity contribution in [3.05, 3.63) is 35.9 Å². The molecule has 2 heterocycles. The normalized spacial score (nSPS) is 26.7. The first-order valence-corrected chi connectivity index (χ1v) is 9.31. The molecule has 1 aromatic carbocycles. The monoisotopic (exact) mass is 360 g/mol. The molecule has 0 spiro atoms. The molecule has 142 valence electrons. The Morgan fingerprint density at radius 1 is 1.19 bits per heavy atom. The number of carboxylic acid groups (broad SMARTS) is 1. The zero-order valence-corrected chi connectivity index (χ0v) is 15.2. The highest BCUT2D eigenvalue weighted by atomic mass is 16.4. The van der Waals surface area contributed by atoms with Gasteiger partial charge in [0.1, 0.15) is 6.04 Å². The number of likely N-dealkylation sites (N-methyl/N-ethyl adjacent to an activating group) is 1. The van der Waals surface area contributed by atoms with Gasteiger partial charge in [-0.05, 0) is 38.3 Å². The predicted octanol–water partition coefficient (Wildman–Crippen LogP) is 0.992. The number of aliphatic carboxylic acids is 1. The van der Waals surface area contributed by atoms with Crippen LogP contribution < -0.4 is 10.9 Å². The first-order chi connectivity index (χ1) is 12.5. The van der Waals surface area contributed by atoms with Crippen molar-refractivity contribution in [2.24, 2.45) is 0 Å². The Bertz CT molecular complexity index is 624. The van der Waals surface area contributed by atoms with Crippen molar-refractivity contribution >= 4 is 11.9 Å². The van der Waals surface area contributed by atoms with Crippen LogP contribution in [0, 0.1) is 0 Å². The van der Waals surface area contributed by atoms with E-state index in [2.05, 4.69) is 23.0 Å². The Morgan fingerprint density at radius 2 is 1.96 bits per heavy atom. The van der Waals surface area contributed by atoms with Crippen LogP contribution in [-0.2, 0) is 9.59 Å². The summed E-state index contributed by atoms with van der Waals surface area (Å²) in [6.07, 6.45) is 3.39. The Labute approximate surface area is 154 Å². The smallest absolute Gasteiger partial charge is 0.317 e. The summed E-state index contributed by atoms with van der Waals surface area (Å²) in [5, 5.41) is 8.97. The number of carbonyl (C=O) groups is 2. The lowest BCUT2D eigenvalue weighted by Crippen LogP contribution is -2.46. The van der Waals surface area contributed by atoms with Crippen LogP contribution >= 0.6 is 0 Å². The minimum atomic E-state index is -0.808. The minimum absolute atomic E-state index is 0.0471. The van der Waals surface area contributed by atoms with E-state index in [0.717, 1.165) is 32.2 Å². The highest BCUT2D eigenvalue weighted by Gasteiger charge is 2.34. The highest BCUT2D eigenvalue weighted by molar-refractivity contribution is 5.82. The number of likely N-dealkylation sites (tertiary alicyclic amines) is 1. The van der Waals surface area contributed by atoms with Gasteiger partial charge in [0.15, 0.2) is 0 Å². The molecule has 2 saturated heterocycles. The average Bonchev–Trinajstić information content (AvgIpc) is 2.99. The van der Waals surface area contributed by atoms with Gasteiger partial charge in [0.2, 0.25) is 5.91 Å². The fourth-order valence-electron chi connectivity index (χ4n) is 3.92. The summed E-state index contributed by atoms with van der Waals surface area (Å²) in [4.78, 5) is 27.6. The number of nitrogens with one attached hydrogen (secondary N) is 2. The molecule has 1 aromatic rings. The lowest BCUT2D eigenvalue weighted by Gasteiger charge is -2.26. The van der Waals surface area contributed by atoms with Crippen LogP contribution in [0.4, 0.5) is 0 Å². The van der Waals surface area contributed by atoms with Crippen molar-refractivity contribution < 1.29 is 14.7 Å². The molecule has 0 aliphatic carbocycles. The van der Waals surface area contributed by atoms with Gasteiger partial charge in [-0.15, -0.1) is 0 Å². The van der Waals surface area contributed by atoms with Gasteiger partial charge in [-0.3, -0.25) is 14.5 Å². The predicted molar refractivity (Wildman–Crippen MR) is 98.3 cm³/mol. The van der Waals surface area contributed by atoms with Gasteiger partial charge in [0.25, 0.3) is 0 Å². The van der Waals surface area contributed by atoms with E-state index in [0.29, 0.717) is 6.54 Å². The quantitative estimate of drug-likeness (QED) is 0.726. The second-order valence-electron chi connectivity index (χ2n) is 7.26. The van der Waals surface area contributed by atoms with Gasteiger partial charge < -0.3 is 10.0 Å². The van der Waals surface area contributed by atoms with E-state index in [1.807, 2.05) is 35.0 Å². The van der Waals surface area contributed by atoms with Crippen LogP contribution in [0.25, 0.3) is 0 Å². The summed E-state index contributed by atoms with van der Waals surface area (Å²) in [6.45, 7) is 1.47. The molecular weight excluding hydrogens is 332 g/mol. The lowest BCUT2D eigenvalue weighted by atomic mass is 10.0. The number of hydrogen-bond donors (Lipinski definition) is 3. The average molecular weight is 360 g/mol. The van der Waals surface area contributed by atoms with Crippen molar-refractivity contribution in [1.82, 2.24) is 20.7 Å². The summed E-state index contributed by atoms with van der Waals surface area (Å²) < 4.78 is 0. The maximum absolute atomic E-state index is 12.9. The number of carboxylic acids is 1. The molecule has 1 amide bonds. The van der Waals surface area contributed by atoms with Gasteiger partial charge in [-0.2, -0.15) is 0 Å². The third-order valence-electron chi connectivity index (χ3n) is 5.42. The standard InChI is InChI=1S/C19H28N4O3/c1-22(13-18(24)25)15-8-5-10-23(11-9-15)19(26)17-12-16(20-21-17)14-6-3-2-4-7-14/h2-4,6-7,15-17,20-21H,5,8-13H2,1H3,(H,24,25). The summed E-state index contributed by atoms with van der Waals surface area (Å²) in [5.74, 6) is -0.671. The third-order valence-corrected chi connectivity index (χ3v) is 5.42. The summed E-state index contributed by atoms with van der Waals surface area (Å²) in [6, 6.07) is 10.3. The number of amides is 1. The largest absolute Gasteiger partial charge is 0.480 e. The zero-order valence-electron chi connectivity index (χ0n) is 15.2. The van der Waals surface area contributed by atoms with Crippen molar-refractivity contribution in [1.29, 1.82) is 0 Å². The maximum atomic E-state index is 12.9. The number of rotatable bonds is 5. The van der Waals surface area contributed by atoms with E-state index >= 15 is 0 Å². The van der Waals surface area contributed by atoms with E-state index in [1.165, 1.54) is 5.56 Å². The van der Waals surface area contributed by atoms with Crippen LogP contribution in [0.1, 0.15) is 37.3 Å². The van der Waals surface area contributed by atoms with Gasteiger partial charge in [0, 0.05) is 25.2 Å². The van der Waals surface area contributed by atoms with Gasteiger partial charge in [-0.1, -0.05) is 30.3 Å². The molecular formula is C19H28N4O3. The second-order valence-corrected chi connectivity index (χ2v) is 7.26. The number of hydrazine groups is 1. The van der Waals surface area contributed by atoms with Gasteiger partial charge >= 0.3 is 5.97 Å². The van der Waals surface area contributed by atoms with Crippen molar-refractivity contribution in [3.63, 3.8) is 0 Å². The summed E-state index contributed by atoms with van der Waals surface area (Å²) in [5.41, 5.74) is 7.57. The van der Waals surface area contributed by atoms with Crippen molar-refractivity contribution in [3.8, 4) is 0 Å². The van der Waals surface area contributed by atoms with Crippen molar-refractivity contribution in [2.75, 3.05) is 26.7 Å². The molecule has 2 aliphatic rings. The topological polar surface area (TPSA) is 84.9 Å². The molecule has 0 saturated carbocycles. The second kappa shape index (κ2) is 8.62. The molecule has 2 fully saturated rings. The van der Waals surface area contributed by atoms with Crippen LogP contribution in [0.15, 0.2) is 30.3 Å². The van der Waals surface area contributed by atoms with E-state index < -0.39 is 5.97 Å². The van der Waals surface area contributed by atoms with Crippen LogP contribution in [0.2, 0.25) is 0 Å². The molecule has 2 aliphatic heterocycles. The first kappa shape index (κ1) is 18.8. The number of benzene rings is 1. The Morgan fingerprint density at radius 3 is 2.69 bits per heavy atom. The molecule has 3 rings (SSSR count). The molecule has 0 aromatic heterocycles. The highest BCUT2D eigenvalue weighted by Crippen LogP contribution is 2.24. The lowest BCUT2D eigenvalue weighted by molar-refractivity contribution is -0.138. The first-order valence-electron chi connectivity index (χ1n) is 9.31. The SMILES string of the molecule is CN(CC(=O)O)C1CCCN(C(=O)C2CC(c3ccccc3)NN2)CC1. The molecule has 3 unspecified atom stereocenters. The minimum Gasteiger partial charge on any atom is -0.480 e. The molecule has 26 heavy (non-hydrogen) atoms. The molecule has 0 radical (unpaired) electrons. The molecule has 3 atom stereocenters. The van der Waals surface area contributed by atoms with Crippen molar-refractivity contribution in [2.45, 2.75) is 43.8 Å². The Balaban J connectivity index is 1.53. The summed E-state index contributed by atoms with van der Waals surface area (Å²) >= 11 is 0. The van der Waals surface area contributed by atoms with Gasteiger partial charge in [-0.25, -0.2) is 10.9 Å². The third kappa shape index (κ3) is 4.60. The number of hydrogen-bond acceptors (Lipinski definition) is 5. The zero-order chi connectivity index (χ0) is 18.5. The number of nitrogens with zero attached hydrogens (tertiary/aromatic N) is 2. The van der Waals surface area contributed by atoms with Crippen LogP contribution in [-0.4, -0.2) is 65.5 Å². The van der Waals surface area contributed by atoms with Crippen LogP contribution in [0.3, 0.4) is 0 Å². The Hall–Kier alpha value is -1.96. The fraction of sp³-hybridized carbons (Fsp3) is 0.579. The molecule has 0 bridgehead atoms. The molecule has 3 N–H and O–H groups in total. The van der Waals surface area contributed by atoms with E-state index in [-0.39, 0.29) is 30.6 Å². The maximum Gasteiger partial charge on any atom is 0.317 e. The van der Waals surface area contributed by atoms with Gasteiger partial charge in [0.05, 0.1) is 6.54 Å². The Kier molecular flexibility index (Phi) is 6.24. The number of carbonyl (C=O) groups excluding carboxylic acids is 1. The van der Waals surface area contributed by atoms with E-state index in [1.54, 1.807) is 0 Å².